The molecule has 8 aromatic rings. The minimum atomic E-state index is -1.19. The number of benzene rings is 8. The van der Waals surface area contributed by atoms with Crippen LogP contribution in [0.1, 0.15) is 88.1 Å². The number of carboxylic acid groups (broad SMARTS) is 1. The third-order valence-corrected chi connectivity index (χ3v) is 17.2. The molecule has 0 radical (unpaired) electrons. The highest BCUT2D eigenvalue weighted by Crippen LogP contribution is 2.49. The predicted octanol–water partition coefficient (Wildman–Crippen LogP) is 12.2. The molecule has 79 heavy (non-hydrogen) atoms. The second kappa shape index (κ2) is 25.0. The number of hydrogen-bond acceptors (Lipinski definition) is 7. The number of aryl methyl sites for hydroxylation is 1. The molecule has 0 saturated carbocycles. The fourth-order valence-electron chi connectivity index (χ4n) is 11.7. The lowest BCUT2D eigenvalue weighted by Crippen LogP contribution is -2.57. The molecule has 10 rings (SSSR count). The summed E-state index contributed by atoms with van der Waals surface area (Å²) in [6.45, 7) is 2.90. The van der Waals surface area contributed by atoms with Gasteiger partial charge in [-0.1, -0.05) is 230 Å². The normalized spacial score (nSPS) is 14.8. The first-order chi connectivity index (χ1) is 38.7. The Morgan fingerprint density at radius 3 is 1.56 bits per heavy atom. The summed E-state index contributed by atoms with van der Waals surface area (Å²) in [6, 6.07) is 72.5. The number of amides is 3. The molecular weight excluding hydrogens is 1000 g/mol. The van der Waals surface area contributed by atoms with Gasteiger partial charge in [-0.25, -0.2) is 9.59 Å². The van der Waals surface area contributed by atoms with Crippen molar-refractivity contribution >= 4 is 35.6 Å². The van der Waals surface area contributed by atoms with Crippen molar-refractivity contribution in [3.8, 4) is 11.1 Å². The minimum absolute atomic E-state index is 0.0437. The smallest absolute Gasteiger partial charge is 0.407 e. The van der Waals surface area contributed by atoms with E-state index in [1.165, 1.54) is 16.7 Å². The van der Waals surface area contributed by atoms with Crippen molar-refractivity contribution in [2.45, 2.75) is 73.4 Å². The third-order valence-electron chi connectivity index (χ3n) is 15.6. The van der Waals surface area contributed by atoms with Crippen molar-refractivity contribution in [3.63, 3.8) is 0 Å². The van der Waals surface area contributed by atoms with Crippen LogP contribution in [0.15, 0.2) is 224 Å². The number of rotatable bonds is 22. The van der Waals surface area contributed by atoms with Gasteiger partial charge in [0.15, 0.2) is 0 Å². The summed E-state index contributed by atoms with van der Waals surface area (Å²) in [7, 11) is 0. The van der Waals surface area contributed by atoms with E-state index < -0.39 is 52.3 Å². The van der Waals surface area contributed by atoms with Crippen LogP contribution in [-0.4, -0.2) is 77.5 Å². The Morgan fingerprint density at radius 2 is 1.05 bits per heavy atom. The van der Waals surface area contributed by atoms with Gasteiger partial charge in [-0.2, -0.15) is 0 Å². The maximum Gasteiger partial charge on any atom is 0.407 e. The predicted molar refractivity (Wildman–Crippen MR) is 314 cm³/mol. The summed E-state index contributed by atoms with van der Waals surface area (Å²) in [6.07, 6.45) is 1.38. The molecule has 1 aliphatic heterocycles. The number of aliphatic carboxylic acids is 1. The van der Waals surface area contributed by atoms with E-state index in [0.717, 1.165) is 61.2 Å². The van der Waals surface area contributed by atoms with Crippen LogP contribution in [0.3, 0.4) is 0 Å². The van der Waals surface area contributed by atoms with Crippen molar-refractivity contribution in [2.75, 3.05) is 25.4 Å². The average molecular weight is 1070 g/mol. The number of unbranched alkanes of at least 4 members (excludes halogenated alkanes) is 1. The van der Waals surface area contributed by atoms with Crippen LogP contribution >= 0.6 is 11.8 Å². The zero-order chi connectivity index (χ0) is 54.6. The maximum atomic E-state index is 15.3. The van der Waals surface area contributed by atoms with E-state index in [1.807, 2.05) is 115 Å². The molecule has 1 aliphatic carbocycles. The number of ether oxygens (including phenoxy) is 1. The van der Waals surface area contributed by atoms with E-state index in [0.29, 0.717) is 32.2 Å². The number of nitrogens with zero attached hydrogens (tertiary/aromatic N) is 1. The van der Waals surface area contributed by atoms with Crippen LogP contribution in [0.5, 0.6) is 0 Å². The molecule has 2 unspecified atom stereocenters. The lowest BCUT2D eigenvalue weighted by Gasteiger charge is -2.37. The number of carbonyl (C=O) groups is 4. The second-order valence-electron chi connectivity index (χ2n) is 20.5. The molecule has 0 bridgehead atoms. The summed E-state index contributed by atoms with van der Waals surface area (Å²) < 4.78 is 5.22. The van der Waals surface area contributed by atoms with Crippen molar-refractivity contribution < 1.29 is 29.0 Å². The first-order valence-corrected chi connectivity index (χ1v) is 28.3. The Labute approximate surface area is 467 Å². The van der Waals surface area contributed by atoms with Gasteiger partial charge < -0.3 is 25.4 Å². The molecule has 1 fully saturated rings. The molecule has 400 valence electrons. The van der Waals surface area contributed by atoms with Gasteiger partial charge >= 0.3 is 12.1 Å². The fraction of sp³-hybridized carbons (Fsp3) is 0.235. The molecular formula is C68H66N4O6S. The Bertz CT molecular complexity index is 3150. The van der Waals surface area contributed by atoms with Gasteiger partial charge in [-0.05, 0) is 101 Å². The topological polar surface area (TPSA) is 137 Å². The van der Waals surface area contributed by atoms with Crippen LogP contribution in [0, 0.1) is 6.92 Å². The van der Waals surface area contributed by atoms with E-state index >= 15 is 9.59 Å². The fourth-order valence-corrected chi connectivity index (χ4v) is 13.2. The van der Waals surface area contributed by atoms with Crippen LogP contribution in [0.2, 0.25) is 0 Å². The first-order valence-electron chi connectivity index (χ1n) is 27.4. The Kier molecular flexibility index (Phi) is 17.2. The molecule has 0 spiro atoms. The molecule has 11 heteroatoms. The monoisotopic (exact) mass is 1070 g/mol. The summed E-state index contributed by atoms with van der Waals surface area (Å²) in [5.41, 5.74) is 10.9. The Morgan fingerprint density at radius 1 is 0.582 bits per heavy atom. The minimum Gasteiger partial charge on any atom is -0.480 e. The Hall–Kier alpha value is -8.25. The number of thioether (sulfide) groups is 1. The van der Waals surface area contributed by atoms with Crippen LogP contribution in [0.4, 0.5) is 4.79 Å². The number of alkyl carbamates (subject to hydrolysis) is 1. The number of likely N-dealkylation sites (tertiary alicyclic amines) is 1. The summed E-state index contributed by atoms with van der Waals surface area (Å²) in [5.74, 6) is -2.30. The van der Waals surface area contributed by atoms with Gasteiger partial charge in [0, 0.05) is 18.2 Å². The number of carbonyl (C=O) groups excluding carboxylic acids is 3. The van der Waals surface area contributed by atoms with Crippen LogP contribution < -0.4 is 16.0 Å². The van der Waals surface area contributed by atoms with Crippen LogP contribution in [-0.2, 0) is 29.4 Å². The van der Waals surface area contributed by atoms with Gasteiger partial charge in [-0.3, -0.25) is 14.9 Å². The molecule has 4 N–H and O–H groups in total. The van der Waals surface area contributed by atoms with Gasteiger partial charge in [-0.15, -0.1) is 11.8 Å². The quantitative estimate of drug-likeness (QED) is 0.0389. The number of nitrogens with one attached hydrogen (secondary N) is 3. The zero-order valence-electron chi connectivity index (χ0n) is 44.4. The SMILES string of the molecule is Cc1ccc(C(NCCCCC(NC(=O)OCC2c3ccccc3-c3ccccc32)C(=O)NC(CSC(c2ccccc2)(c2ccccc2)c2ccccc2)C(=O)N2CCC[C@H]2C(=O)O)(c2ccccc2)c2ccccc2)cc1. The molecule has 1 heterocycles. The molecule has 2 aliphatic rings. The van der Waals surface area contributed by atoms with E-state index in [-0.39, 0.29) is 31.2 Å². The van der Waals surface area contributed by atoms with Crippen molar-refractivity contribution in [1.29, 1.82) is 0 Å². The largest absolute Gasteiger partial charge is 0.480 e. The maximum absolute atomic E-state index is 15.3. The second-order valence-corrected chi connectivity index (χ2v) is 21.7. The number of hydrogen-bond donors (Lipinski definition) is 4. The lowest BCUT2D eigenvalue weighted by molar-refractivity contribution is -0.149. The van der Waals surface area contributed by atoms with Crippen LogP contribution in [0.25, 0.3) is 11.1 Å². The number of carboxylic acids is 1. The molecule has 8 aromatic carbocycles. The molecule has 0 aromatic heterocycles. The van der Waals surface area contributed by atoms with Gasteiger partial charge in [0.2, 0.25) is 11.8 Å². The van der Waals surface area contributed by atoms with Gasteiger partial charge in [0.05, 0.1) is 10.3 Å². The van der Waals surface area contributed by atoms with E-state index in [2.05, 4.69) is 132 Å². The standard InChI is InChI=1S/C68H66N4O6S/c1-48-40-42-51(43-41-48)67(49-24-7-2-8-25-49,50-26-9-3-10-27-50)69-44-22-21-38-60(71-66(77)78-46-59-57-36-19-17-34-55(57)56-35-18-20-37-58(56)59)63(73)70-61(64(74)72-45-23-39-62(72)65(75)76)47-79-68(52-28-11-4-12-29-52,53-30-13-5-14-31-53)54-32-15-6-16-33-54/h2-20,24-37,40-43,59-62,69H,21-23,38-39,44-47H2,1H3,(H,70,73)(H,71,77)(H,75,76)/t60?,61?,62-/m0/s1. The van der Waals surface area contributed by atoms with Crippen molar-refractivity contribution in [3.05, 3.63) is 275 Å². The summed E-state index contributed by atoms with van der Waals surface area (Å²) in [4.78, 5) is 58.7. The summed E-state index contributed by atoms with van der Waals surface area (Å²) in [5, 5.41) is 20.4. The Balaban J connectivity index is 0.949. The van der Waals surface area contributed by atoms with Crippen molar-refractivity contribution in [1.82, 2.24) is 20.9 Å². The highest BCUT2D eigenvalue weighted by atomic mass is 32.2. The van der Waals surface area contributed by atoms with E-state index in [4.69, 9.17) is 4.74 Å². The molecule has 3 atom stereocenters. The number of fused-ring (bicyclic) bond motifs is 3. The lowest BCUT2D eigenvalue weighted by atomic mass is 9.76. The van der Waals surface area contributed by atoms with Gasteiger partial charge in [0.25, 0.3) is 0 Å². The highest BCUT2D eigenvalue weighted by molar-refractivity contribution is 8.00. The zero-order valence-corrected chi connectivity index (χ0v) is 45.2. The van der Waals surface area contributed by atoms with Crippen molar-refractivity contribution in [2.24, 2.45) is 0 Å². The molecule has 10 nitrogen and oxygen atoms in total. The highest BCUT2D eigenvalue weighted by Gasteiger charge is 2.43. The molecule has 1 saturated heterocycles. The molecule has 3 amide bonds. The summed E-state index contributed by atoms with van der Waals surface area (Å²) >= 11 is 1.50. The third kappa shape index (κ3) is 11.7. The van der Waals surface area contributed by atoms with E-state index in [9.17, 15) is 14.7 Å². The average Bonchev–Trinajstić information content (AvgIpc) is 4.27. The van der Waals surface area contributed by atoms with Gasteiger partial charge in [0.1, 0.15) is 24.7 Å². The first kappa shape index (κ1) is 54.1. The van der Waals surface area contributed by atoms with E-state index in [1.54, 1.807) is 0 Å².